The molecular weight excluding hydrogens is 1260 g/mol. The van der Waals surface area contributed by atoms with Crippen molar-refractivity contribution in [2.75, 3.05) is 137 Å². The van der Waals surface area contributed by atoms with Crippen LogP contribution in [0.2, 0.25) is 0 Å². The molecule has 32 heteroatoms. The molecule has 0 bridgehead atoms. The highest BCUT2D eigenvalue weighted by molar-refractivity contribution is 6.05. The summed E-state index contributed by atoms with van der Waals surface area (Å²) in [7, 11) is 1.45. The lowest BCUT2D eigenvalue weighted by molar-refractivity contribution is -0.140. The van der Waals surface area contributed by atoms with E-state index >= 15 is 0 Å². The van der Waals surface area contributed by atoms with E-state index in [1.54, 1.807) is 53.2 Å². The first-order chi connectivity index (χ1) is 45.7. The van der Waals surface area contributed by atoms with Crippen LogP contribution >= 0.6 is 0 Å². The molecule has 0 aliphatic carbocycles. The number of nitrogens with one attached hydrogen (secondary N) is 7. The van der Waals surface area contributed by atoms with Gasteiger partial charge in [0, 0.05) is 144 Å². The first-order valence-electron chi connectivity index (χ1n) is 30.3. The Morgan fingerprint density at radius 2 is 1.08 bits per heavy atom. The number of hydrogen-bond donors (Lipinski definition) is 7. The molecule has 1 atom stereocenters. The molecule has 11 rings (SSSR count). The van der Waals surface area contributed by atoms with Gasteiger partial charge >= 0.3 is 12.4 Å². The minimum atomic E-state index is -5.07. The van der Waals surface area contributed by atoms with Crippen LogP contribution in [0.4, 0.5) is 81.1 Å². The van der Waals surface area contributed by atoms with Crippen molar-refractivity contribution in [2.24, 2.45) is 0 Å². The molecule has 3 saturated heterocycles. The zero-order valence-corrected chi connectivity index (χ0v) is 51.4. The van der Waals surface area contributed by atoms with E-state index in [4.69, 9.17) is 19.3 Å². The number of hydrogen-bond acceptors (Lipinski definition) is 19. The average Bonchev–Trinajstić information content (AvgIpc) is 1.84. The molecule has 3 aliphatic heterocycles. The maximum Gasteiger partial charge on any atom is 0.419 e. The van der Waals surface area contributed by atoms with E-state index in [0.717, 1.165) is 51.4 Å². The number of carbonyl (C=O) groups is 3. The third kappa shape index (κ3) is 17.2. The van der Waals surface area contributed by atoms with E-state index in [1.807, 2.05) is 13.0 Å². The van der Waals surface area contributed by atoms with Crippen LogP contribution in [0.25, 0.3) is 11.6 Å². The lowest BCUT2D eigenvalue weighted by Gasteiger charge is -2.33. The minimum Gasteiger partial charge on any atom is -0.379 e. The van der Waals surface area contributed by atoms with Crippen LogP contribution < -0.4 is 37.2 Å². The number of ether oxygens (including phenoxy) is 3. The fraction of sp³-hybridized carbons (Fsp3) is 0.349. The summed E-state index contributed by atoms with van der Waals surface area (Å²) in [5.74, 6) is -3.12. The van der Waals surface area contributed by atoms with Crippen LogP contribution in [0.5, 0.6) is 0 Å². The van der Waals surface area contributed by atoms with Crippen molar-refractivity contribution >= 4 is 63.7 Å². The number of alkyl halides is 6. The van der Waals surface area contributed by atoms with Crippen molar-refractivity contribution in [3.8, 4) is 11.6 Å². The van der Waals surface area contributed by atoms with Crippen molar-refractivity contribution in [3.63, 3.8) is 0 Å². The van der Waals surface area contributed by atoms with Gasteiger partial charge in [0.2, 0.25) is 0 Å². The van der Waals surface area contributed by atoms with E-state index < -0.39 is 70.1 Å². The van der Waals surface area contributed by atoms with Gasteiger partial charge < -0.3 is 51.4 Å². The van der Waals surface area contributed by atoms with Crippen molar-refractivity contribution in [1.82, 2.24) is 59.5 Å². The summed E-state index contributed by atoms with van der Waals surface area (Å²) in [5.41, 5.74) is -0.921. The number of morpholine rings is 3. The summed E-state index contributed by atoms with van der Waals surface area (Å²) in [6.45, 7) is 11.5. The van der Waals surface area contributed by atoms with Crippen LogP contribution in [-0.4, -0.2) is 184 Å². The van der Waals surface area contributed by atoms with Crippen molar-refractivity contribution in [2.45, 2.75) is 38.3 Å². The van der Waals surface area contributed by atoms with Gasteiger partial charge in [-0.1, -0.05) is 12.1 Å². The third-order valence-electron chi connectivity index (χ3n) is 15.9. The van der Waals surface area contributed by atoms with Crippen molar-refractivity contribution in [3.05, 3.63) is 166 Å². The van der Waals surface area contributed by atoms with Gasteiger partial charge in [-0.15, -0.1) is 0 Å². The molecule has 3 fully saturated rings. The topological polar surface area (TPSA) is 260 Å². The third-order valence-corrected chi connectivity index (χ3v) is 15.9. The SMILES string of the molecule is CNC(=O)c1cc(Nc2cc(NC(=O)c3ccc(F)c(C(F)(F)F)c3)ccc2CC2CN(Cc3cc(Nc4cc(NC(=O)c5ccc(F)c(C(F)(F)F)c5)ccc4C)n(-c4cc(NCCN5CCOCC5)ncn4)n3)CCO2)n(-c2cc(NCCN3CCOCC3)ncn2)n1. The number of nitrogens with zero attached hydrogens (tertiary/aromatic N) is 11. The Kier molecular flexibility index (Phi) is 20.9. The Labute approximate surface area is 538 Å². The molecule has 1 unspecified atom stereocenters. The second kappa shape index (κ2) is 29.7. The van der Waals surface area contributed by atoms with Crippen molar-refractivity contribution in [1.29, 1.82) is 0 Å². The first-order valence-corrected chi connectivity index (χ1v) is 30.3. The van der Waals surface area contributed by atoms with Gasteiger partial charge in [-0.2, -0.15) is 45.9 Å². The molecular formula is C63H66F8N18O6. The summed E-state index contributed by atoms with van der Waals surface area (Å²) in [5, 5.41) is 31.0. The lowest BCUT2D eigenvalue weighted by atomic mass is 10.0. The summed E-state index contributed by atoms with van der Waals surface area (Å²) < 4.78 is 131. The van der Waals surface area contributed by atoms with Crippen LogP contribution in [0, 0.1) is 18.6 Å². The normalized spacial score (nSPS) is 15.9. The quantitative estimate of drug-likeness (QED) is 0.0296. The molecule has 0 saturated carbocycles. The summed E-state index contributed by atoms with van der Waals surface area (Å²) in [6, 6.07) is 20.4. The highest BCUT2D eigenvalue weighted by atomic mass is 19.4. The van der Waals surface area contributed by atoms with Gasteiger partial charge in [0.15, 0.2) is 17.3 Å². The molecule has 8 aromatic rings. The van der Waals surface area contributed by atoms with Gasteiger partial charge in [0.1, 0.15) is 47.6 Å². The highest BCUT2D eigenvalue weighted by Crippen LogP contribution is 2.36. The maximum atomic E-state index is 14.4. The fourth-order valence-corrected chi connectivity index (χ4v) is 10.9. The number of aromatic nitrogens is 8. The summed E-state index contributed by atoms with van der Waals surface area (Å²) in [6.07, 6.45) is -7.61. The largest absolute Gasteiger partial charge is 0.419 e. The minimum absolute atomic E-state index is 0.00544. The van der Waals surface area contributed by atoms with E-state index in [1.165, 1.54) is 30.5 Å². The molecule has 3 aliphatic rings. The zero-order chi connectivity index (χ0) is 66.8. The first kappa shape index (κ1) is 66.7. The van der Waals surface area contributed by atoms with E-state index in [2.05, 4.69) is 77.0 Å². The number of rotatable bonds is 23. The molecule has 4 aromatic carbocycles. The van der Waals surface area contributed by atoms with Gasteiger partial charge in [-0.25, -0.2) is 28.7 Å². The number of benzene rings is 4. The standard InChI is InChI=1S/C63H66F8N18O6/c1-38-3-7-42(79-59(90)40-5-9-48(64)46(26-40)62(66,67)68)28-50(38)81-57-30-44(83-88(57)55-32-53(75-36-77-55)73-11-13-85-15-20-93-21-16-85)34-87-19-24-95-45(35-87)25-39-4-8-43(80-60(91)41-6-10-49(65)47(27-41)63(69,70)71)29-51(39)82-58-31-52(61(92)72-2)84-89(58)56-33-54(76-37-78-56)74-12-14-86-17-22-94-23-18-86/h3-10,26-33,36-37,45,81-82H,11-25,34-35H2,1-2H3,(H,72,92)(H,79,90)(H,80,91)(H,73,75,77)(H,74,76,78). The number of aryl methyl sites for hydroxylation is 1. The van der Waals surface area contributed by atoms with Crippen LogP contribution in [-0.2, 0) is 39.5 Å². The number of carbonyl (C=O) groups excluding carboxylic acids is 3. The molecule has 7 N–H and O–H groups in total. The van der Waals surface area contributed by atoms with Crippen LogP contribution in [0.1, 0.15) is 59.2 Å². The number of halogens is 8. The van der Waals surface area contributed by atoms with Crippen LogP contribution in [0.15, 0.2) is 110 Å². The Morgan fingerprint density at radius 1 is 0.568 bits per heavy atom. The van der Waals surface area contributed by atoms with E-state index in [0.29, 0.717) is 128 Å². The van der Waals surface area contributed by atoms with Gasteiger partial charge in [-0.05, 0) is 78.7 Å². The second-order valence-corrected chi connectivity index (χ2v) is 22.5. The molecule has 24 nitrogen and oxygen atoms in total. The summed E-state index contributed by atoms with van der Waals surface area (Å²) >= 11 is 0. The smallest absolute Gasteiger partial charge is 0.379 e. The van der Waals surface area contributed by atoms with Crippen LogP contribution in [0.3, 0.4) is 0 Å². The monoisotopic (exact) mass is 1320 g/mol. The molecule has 4 aromatic heterocycles. The second-order valence-electron chi connectivity index (χ2n) is 22.5. The molecule has 0 radical (unpaired) electrons. The average molecular weight is 1320 g/mol. The molecule has 3 amide bonds. The predicted octanol–water partition coefficient (Wildman–Crippen LogP) is 8.55. The maximum absolute atomic E-state index is 14.4. The summed E-state index contributed by atoms with van der Waals surface area (Å²) in [4.78, 5) is 64.8. The number of anilines is 8. The van der Waals surface area contributed by atoms with Crippen molar-refractivity contribution < 1.29 is 63.7 Å². The Hall–Kier alpha value is -9.73. The predicted molar refractivity (Wildman–Crippen MR) is 335 cm³/mol. The molecule has 7 heterocycles. The van der Waals surface area contributed by atoms with E-state index in [-0.39, 0.29) is 48.3 Å². The van der Waals surface area contributed by atoms with Gasteiger partial charge in [0.05, 0.1) is 56.0 Å². The highest BCUT2D eigenvalue weighted by Gasteiger charge is 2.36. The lowest BCUT2D eigenvalue weighted by Crippen LogP contribution is -2.43. The molecule has 0 spiro atoms. The fourth-order valence-electron chi connectivity index (χ4n) is 10.9. The van der Waals surface area contributed by atoms with Gasteiger partial charge in [-0.3, -0.25) is 29.1 Å². The Morgan fingerprint density at radius 3 is 1.64 bits per heavy atom. The molecule has 500 valence electrons. The zero-order valence-electron chi connectivity index (χ0n) is 51.4. The molecule has 95 heavy (non-hydrogen) atoms. The number of amides is 3. The Bertz CT molecular complexity index is 4050. The van der Waals surface area contributed by atoms with E-state index in [9.17, 15) is 49.5 Å². The Balaban J connectivity index is 0.866. The van der Waals surface area contributed by atoms with Gasteiger partial charge in [0.25, 0.3) is 17.7 Å².